The first kappa shape index (κ1) is 18.4. The Labute approximate surface area is 155 Å². The Kier molecular flexibility index (Phi) is 5.71. The van der Waals surface area contributed by atoms with Gasteiger partial charge in [-0.15, -0.1) is 0 Å². The second kappa shape index (κ2) is 8.35. The van der Waals surface area contributed by atoms with Crippen LogP contribution in [0.15, 0.2) is 54.7 Å². The van der Waals surface area contributed by atoms with Crippen molar-refractivity contribution in [2.24, 2.45) is 0 Å². The molecule has 1 atom stereocenters. The van der Waals surface area contributed by atoms with E-state index in [0.717, 1.165) is 16.5 Å². The molecule has 27 heavy (non-hydrogen) atoms. The fraction of sp³-hybridized carbons (Fsp3) is 0.200. The molecule has 0 aliphatic heterocycles. The highest BCUT2D eigenvalue weighted by molar-refractivity contribution is 5.87. The number of nitrogens with one attached hydrogen (secondary N) is 2. The summed E-state index contributed by atoms with van der Waals surface area (Å²) in [4.78, 5) is 27.4. The summed E-state index contributed by atoms with van der Waals surface area (Å²) in [7, 11) is 1.26. The van der Waals surface area contributed by atoms with Crippen LogP contribution in [0.3, 0.4) is 0 Å². The average Bonchev–Trinajstić information content (AvgIpc) is 3.09. The third-order valence-corrected chi connectivity index (χ3v) is 4.12. The smallest absolute Gasteiger partial charge is 0.328 e. The van der Waals surface area contributed by atoms with Gasteiger partial charge in [0.15, 0.2) is 18.2 Å². The minimum Gasteiger partial charge on any atom is -0.481 e. The van der Waals surface area contributed by atoms with Gasteiger partial charge in [-0.25, -0.2) is 9.18 Å². The van der Waals surface area contributed by atoms with Crippen molar-refractivity contribution in [2.45, 2.75) is 12.5 Å². The van der Waals surface area contributed by atoms with Crippen molar-refractivity contribution in [3.8, 4) is 5.75 Å². The Bertz CT molecular complexity index is 954. The van der Waals surface area contributed by atoms with Gasteiger partial charge in [0.05, 0.1) is 7.11 Å². The molecule has 6 nitrogen and oxygen atoms in total. The maximum Gasteiger partial charge on any atom is 0.328 e. The number of fused-ring (bicyclic) bond motifs is 1. The molecule has 7 heteroatoms. The molecule has 0 radical (unpaired) electrons. The SMILES string of the molecule is COC(=O)C(Cc1c[nH]c2ccccc12)NC(=O)COc1ccccc1F. The Hall–Kier alpha value is -3.35. The molecule has 0 fully saturated rings. The van der Waals surface area contributed by atoms with Gasteiger partial charge in [0.25, 0.3) is 5.91 Å². The van der Waals surface area contributed by atoms with Crippen LogP contribution in [0.2, 0.25) is 0 Å². The molecule has 2 N–H and O–H groups in total. The second-order valence-electron chi connectivity index (χ2n) is 5.93. The van der Waals surface area contributed by atoms with E-state index >= 15 is 0 Å². The number of aromatic nitrogens is 1. The maximum atomic E-state index is 13.6. The summed E-state index contributed by atoms with van der Waals surface area (Å²) in [5, 5.41) is 3.55. The lowest BCUT2D eigenvalue weighted by Gasteiger charge is -2.16. The molecule has 0 saturated carbocycles. The molecule has 0 bridgehead atoms. The Morgan fingerprint density at radius 1 is 1.15 bits per heavy atom. The molecule has 3 rings (SSSR count). The van der Waals surface area contributed by atoms with E-state index < -0.39 is 30.3 Å². The monoisotopic (exact) mass is 370 g/mol. The first-order valence-electron chi connectivity index (χ1n) is 8.38. The number of hydrogen-bond acceptors (Lipinski definition) is 4. The van der Waals surface area contributed by atoms with Crippen LogP contribution in [0.5, 0.6) is 5.75 Å². The van der Waals surface area contributed by atoms with E-state index in [-0.39, 0.29) is 12.2 Å². The van der Waals surface area contributed by atoms with Crippen LogP contribution in [0.25, 0.3) is 10.9 Å². The third kappa shape index (κ3) is 4.44. The number of para-hydroxylation sites is 2. The largest absolute Gasteiger partial charge is 0.481 e. The Morgan fingerprint density at radius 3 is 2.67 bits per heavy atom. The van der Waals surface area contributed by atoms with Crippen LogP contribution < -0.4 is 10.1 Å². The number of H-pyrrole nitrogens is 1. The molecule has 140 valence electrons. The molecule has 1 heterocycles. The van der Waals surface area contributed by atoms with E-state index in [0.29, 0.717) is 0 Å². The normalized spacial score (nSPS) is 11.8. The lowest BCUT2D eigenvalue weighted by atomic mass is 10.0. The molecule has 1 aromatic heterocycles. The molecule has 2 aromatic carbocycles. The summed E-state index contributed by atoms with van der Waals surface area (Å²) in [5.74, 6) is -1.71. The predicted molar refractivity (Wildman–Crippen MR) is 97.8 cm³/mol. The molecule has 3 aromatic rings. The molecule has 0 spiro atoms. The van der Waals surface area contributed by atoms with Crippen LogP contribution in [0.1, 0.15) is 5.56 Å². The summed E-state index contributed by atoms with van der Waals surface area (Å²) >= 11 is 0. The van der Waals surface area contributed by atoms with E-state index in [1.54, 1.807) is 12.3 Å². The van der Waals surface area contributed by atoms with E-state index in [1.165, 1.54) is 25.3 Å². The number of benzene rings is 2. The van der Waals surface area contributed by atoms with Gasteiger partial charge in [0, 0.05) is 23.5 Å². The molecule has 0 saturated heterocycles. The van der Waals surface area contributed by atoms with Crippen LogP contribution in [-0.4, -0.2) is 36.6 Å². The molecule has 1 unspecified atom stereocenters. The third-order valence-electron chi connectivity index (χ3n) is 4.12. The van der Waals surface area contributed by atoms with Crippen molar-refractivity contribution in [2.75, 3.05) is 13.7 Å². The molecular formula is C20H19FN2O4. The minimum atomic E-state index is -0.883. The van der Waals surface area contributed by atoms with Gasteiger partial charge in [-0.1, -0.05) is 30.3 Å². The van der Waals surface area contributed by atoms with Gasteiger partial charge >= 0.3 is 5.97 Å². The minimum absolute atomic E-state index is 0.0288. The number of ether oxygens (including phenoxy) is 2. The van der Waals surface area contributed by atoms with Gasteiger partial charge in [-0.3, -0.25) is 4.79 Å². The number of hydrogen-bond donors (Lipinski definition) is 2. The lowest BCUT2D eigenvalue weighted by Crippen LogP contribution is -2.44. The zero-order chi connectivity index (χ0) is 19.2. The van der Waals surface area contributed by atoms with E-state index in [9.17, 15) is 14.0 Å². The second-order valence-corrected chi connectivity index (χ2v) is 5.93. The maximum absolute atomic E-state index is 13.6. The van der Waals surface area contributed by atoms with Crippen LogP contribution in [0, 0.1) is 5.82 Å². The number of halogens is 1. The summed E-state index contributed by atoms with van der Waals surface area (Å²) in [6.07, 6.45) is 2.05. The van der Waals surface area contributed by atoms with Gasteiger partial charge in [-0.2, -0.15) is 0 Å². The molecule has 0 aliphatic rings. The van der Waals surface area contributed by atoms with Crippen molar-refractivity contribution >= 4 is 22.8 Å². The number of carbonyl (C=O) groups is 2. The summed E-state index contributed by atoms with van der Waals surface area (Å²) in [6, 6.07) is 12.6. The van der Waals surface area contributed by atoms with Crippen molar-refractivity contribution in [1.82, 2.24) is 10.3 Å². The summed E-state index contributed by atoms with van der Waals surface area (Å²) < 4.78 is 23.5. The fourth-order valence-corrected chi connectivity index (χ4v) is 2.80. The summed E-state index contributed by atoms with van der Waals surface area (Å²) in [5.41, 5.74) is 1.81. The number of methoxy groups -OCH3 is 1. The Morgan fingerprint density at radius 2 is 1.89 bits per heavy atom. The van der Waals surface area contributed by atoms with Gasteiger partial charge in [0.1, 0.15) is 6.04 Å². The number of esters is 1. The Balaban J connectivity index is 1.67. The summed E-state index contributed by atoms with van der Waals surface area (Å²) in [6.45, 7) is -0.414. The number of aromatic amines is 1. The number of amides is 1. The zero-order valence-electron chi connectivity index (χ0n) is 14.7. The fourth-order valence-electron chi connectivity index (χ4n) is 2.80. The van der Waals surface area contributed by atoms with Crippen molar-refractivity contribution in [1.29, 1.82) is 0 Å². The molecule has 1 amide bonds. The zero-order valence-corrected chi connectivity index (χ0v) is 14.7. The van der Waals surface area contributed by atoms with Crippen LogP contribution in [0.4, 0.5) is 4.39 Å². The highest BCUT2D eigenvalue weighted by atomic mass is 19.1. The lowest BCUT2D eigenvalue weighted by molar-refractivity contribution is -0.145. The van der Waals surface area contributed by atoms with Gasteiger partial charge in [0.2, 0.25) is 0 Å². The van der Waals surface area contributed by atoms with Gasteiger partial charge < -0.3 is 19.8 Å². The van der Waals surface area contributed by atoms with Crippen LogP contribution >= 0.6 is 0 Å². The molecule has 0 aliphatic carbocycles. The average molecular weight is 370 g/mol. The standard InChI is InChI=1S/C20H19FN2O4/c1-26-20(25)17(10-13-11-22-16-8-4-2-6-14(13)16)23-19(24)12-27-18-9-5-3-7-15(18)21/h2-9,11,17,22H,10,12H2,1H3,(H,23,24). The highest BCUT2D eigenvalue weighted by Crippen LogP contribution is 2.19. The topological polar surface area (TPSA) is 80.4 Å². The first-order chi connectivity index (χ1) is 13.1. The van der Waals surface area contributed by atoms with E-state index in [4.69, 9.17) is 9.47 Å². The first-order valence-corrected chi connectivity index (χ1v) is 8.38. The quantitative estimate of drug-likeness (QED) is 0.627. The number of rotatable bonds is 7. The van der Waals surface area contributed by atoms with Crippen LogP contribution in [-0.2, 0) is 20.7 Å². The van der Waals surface area contributed by atoms with Crippen molar-refractivity contribution in [3.63, 3.8) is 0 Å². The predicted octanol–water partition coefficient (Wildman–Crippen LogP) is 2.59. The van der Waals surface area contributed by atoms with Gasteiger partial charge in [-0.05, 0) is 23.8 Å². The van der Waals surface area contributed by atoms with Crippen molar-refractivity contribution < 1.29 is 23.5 Å². The van der Waals surface area contributed by atoms with E-state index in [1.807, 2.05) is 24.3 Å². The highest BCUT2D eigenvalue weighted by Gasteiger charge is 2.23. The molecular weight excluding hydrogens is 351 g/mol. The number of carbonyl (C=O) groups excluding carboxylic acids is 2. The van der Waals surface area contributed by atoms with Crippen molar-refractivity contribution in [3.05, 3.63) is 66.1 Å². The van der Waals surface area contributed by atoms with E-state index in [2.05, 4.69) is 10.3 Å².